The van der Waals surface area contributed by atoms with Crippen LogP contribution >= 0.6 is 0 Å². The second kappa shape index (κ2) is 4.96. The Labute approximate surface area is 90.2 Å². The molecular weight excluding hydrogens is 223 g/mol. The molecule has 0 unspecified atom stereocenters. The van der Waals surface area contributed by atoms with E-state index in [0.717, 1.165) is 5.69 Å². The van der Waals surface area contributed by atoms with Crippen molar-refractivity contribution in [3.8, 4) is 0 Å². The van der Waals surface area contributed by atoms with Crippen LogP contribution in [0.3, 0.4) is 0 Å². The summed E-state index contributed by atoms with van der Waals surface area (Å²) in [5, 5.41) is 0. The molecule has 0 atom stereocenters. The first-order valence-electron chi connectivity index (χ1n) is 4.51. The highest BCUT2D eigenvalue weighted by Crippen LogP contribution is 2.14. The first-order valence-corrected chi connectivity index (χ1v) is 4.51. The van der Waals surface area contributed by atoms with E-state index < -0.39 is 18.8 Å². The Morgan fingerprint density at radius 3 is 2.62 bits per heavy atom. The summed E-state index contributed by atoms with van der Waals surface area (Å²) < 4.78 is 39.2. The number of esters is 1. The molecule has 0 saturated carbocycles. The van der Waals surface area contributed by atoms with Gasteiger partial charge in [-0.25, -0.2) is 0 Å². The standard InChI is InChI=1S/C10H10F3NO2/c1-7-2-3-8(5-14-7)4-9(15)16-6-10(11,12)13/h2-3,5H,4,6H2,1H3. The second-order valence-corrected chi connectivity index (χ2v) is 3.26. The van der Waals surface area contributed by atoms with Crippen LogP contribution in [0.2, 0.25) is 0 Å². The first kappa shape index (κ1) is 12.5. The highest BCUT2D eigenvalue weighted by Gasteiger charge is 2.29. The third-order valence-corrected chi connectivity index (χ3v) is 1.72. The molecule has 0 aliphatic carbocycles. The lowest BCUT2D eigenvalue weighted by Gasteiger charge is -2.07. The molecule has 0 bridgehead atoms. The Kier molecular flexibility index (Phi) is 3.87. The van der Waals surface area contributed by atoms with Gasteiger partial charge in [-0.15, -0.1) is 0 Å². The summed E-state index contributed by atoms with van der Waals surface area (Å²) in [4.78, 5) is 14.9. The van der Waals surface area contributed by atoms with Gasteiger partial charge in [-0.1, -0.05) is 6.07 Å². The lowest BCUT2D eigenvalue weighted by Crippen LogP contribution is -2.21. The molecule has 3 nitrogen and oxygen atoms in total. The van der Waals surface area contributed by atoms with Crippen molar-refractivity contribution in [1.82, 2.24) is 4.98 Å². The maximum Gasteiger partial charge on any atom is 0.422 e. The number of pyridine rings is 1. The SMILES string of the molecule is Cc1ccc(CC(=O)OCC(F)(F)F)cn1. The normalized spacial score (nSPS) is 11.2. The van der Waals surface area contributed by atoms with Gasteiger partial charge in [0.1, 0.15) is 0 Å². The predicted molar refractivity (Wildman–Crippen MR) is 49.7 cm³/mol. The van der Waals surface area contributed by atoms with Crippen LogP contribution in [0.25, 0.3) is 0 Å². The van der Waals surface area contributed by atoms with Crippen LogP contribution in [0.15, 0.2) is 18.3 Å². The van der Waals surface area contributed by atoms with Crippen LogP contribution in [0, 0.1) is 6.92 Å². The molecule has 0 spiro atoms. The summed E-state index contributed by atoms with van der Waals surface area (Å²) in [5.41, 5.74) is 1.30. The van der Waals surface area contributed by atoms with Gasteiger partial charge < -0.3 is 4.74 Å². The maximum absolute atomic E-state index is 11.7. The van der Waals surface area contributed by atoms with Gasteiger partial charge in [-0.2, -0.15) is 13.2 Å². The highest BCUT2D eigenvalue weighted by atomic mass is 19.4. The molecule has 0 aliphatic rings. The zero-order valence-electron chi connectivity index (χ0n) is 8.54. The number of halogens is 3. The monoisotopic (exact) mass is 233 g/mol. The number of hydrogen-bond donors (Lipinski definition) is 0. The minimum Gasteiger partial charge on any atom is -0.456 e. The lowest BCUT2D eigenvalue weighted by molar-refractivity contribution is -0.185. The molecule has 0 aliphatic heterocycles. The third-order valence-electron chi connectivity index (χ3n) is 1.72. The van der Waals surface area contributed by atoms with E-state index in [2.05, 4.69) is 9.72 Å². The molecule has 88 valence electrons. The highest BCUT2D eigenvalue weighted by molar-refractivity contribution is 5.72. The number of nitrogens with zero attached hydrogens (tertiary/aromatic N) is 1. The molecule has 6 heteroatoms. The summed E-state index contributed by atoms with van der Waals surface area (Å²) in [5.74, 6) is -0.914. The molecule has 1 aromatic heterocycles. The van der Waals surface area contributed by atoms with Gasteiger partial charge in [0, 0.05) is 11.9 Å². The van der Waals surface area contributed by atoms with Gasteiger partial charge in [0.05, 0.1) is 6.42 Å². The molecule has 0 amide bonds. The van der Waals surface area contributed by atoms with E-state index in [-0.39, 0.29) is 6.42 Å². The maximum atomic E-state index is 11.7. The van der Waals surface area contributed by atoms with Gasteiger partial charge >= 0.3 is 12.1 Å². The Balaban J connectivity index is 2.43. The molecular formula is C10H10F3NO2. The molecule has 16 heavy (non-hydrogen) atoms. The minimum atomic E-state index is -4.48. The fraction of sp³-hybridized carbons (Fsp3) is 0.400. The second-order valence-electron chi connectivity index (χ2n) is 3.26. The van der Waals surface area contributed by atoms with Crippen molar-refractivity contribution >= 4 is 5.97 Å². The van der Waals surface area contributed by atoms with Gasteiger partial charge in [0.15, 0.2) is 6.61 Å². The molecule has 0 saturated heterocycles. The van der Waals surface area contributed by atoms with Gasteiger partial charge in [0.25, 0.3) is 0 Å². The Hall–Kier alpha value is -1.59. The average molecular weight is 233 g/mol. The summed E-state index contributed by atoms with van der Waals surface area (Å²) in [7, 11) is 0. The number of ether oxygens (including phenoxy) is 1. The zero-order valence-corrected chi connectivity index (χ0v) is 8.54. The van der Waals surface area contributed by atoms with E-state index in [9.17, 15) is 18.0 Å². The molecule has 1 aromatic rings. The quantitative estimate of drug-likeness (QED) is 0.750. The van der Waals surface area contributed by atoms with E-state index in [1.54, 1.807) is 19.1 Å². The minimum absolute atomic E-state index is 0.205. The van der Waals surface area contributed by atoms with Crippen LogP contribution in [-0.4, -0.2) is 23.7 Å². The third kappa shape index (κ3) is 4.77. The van der Waals surface area contributed by atoms with Crippen molar-refractivity contribution in [3.05, 3.63) is 29.6 Å². The summed E-state index contributed by atoms with van der Waals surface area (Å²) in [6.45, 7) is 0.219. The molecule has 0 fully saturated rings. The molecule has 1 heterocycles. The van der Waals surface area contributed by atoms with Gasteiger partial charge in [0.2, 0.25) is 0 Å². The summed E-state index contributed by atoms with van der Waals surface area (Å²) in [6, 6.07) is 3.30. The first-order chi connectivity index (χ1) is 7.37. The lowest BCUT2D eigenvalue weighted by atomic mass is 10.2. The smallest absolute Gasteiger partial charge is 0.422 e. The molecule has 0 N–H and O–H groups in total. The molecule has 0 radical (unpaired) electrons. The molecule has 1 rings (SSSR count). The van der Waals surface area contributed by atoms with Crippen molar-refractivity contribution in [1.29, 1.82) is 0 Å². The number of hydrogen-bond acceptors (Lipinski definition) is 3. The predicted octanol–water partition coefficient (Wildman–Crippen LogP) is 2.04. The summed E-state index contributed by atoms with van der Waals surface area (Å²) in [6.07, 6.45) is -3.26. The number of rotatable bonds is 3. The number of carbonyl (C=O) groups is 1. The van der Waals surface area contributed by atoms with Crippen LogP contribution < -0.4 is 0 Å². The number of alkyl halides is 3. The van der Waals surface area contributed by atoms with Crippen LogP contribution in [0.5, 0.6) is 0 Å². The fourth-order valence-corrected chi connectivity index (χ4v) is 0.983. The van der Waals surface area contributed by atoms with Crippen molar-refractivity contribution in [2.24, 2.45) is 0 Å². The molecule has 0 aromatic carbocycles. The Morgan fingerprint density at radius 1 is 1.44 bits per heavy atom. The van der Waals surface area contributed by atoms with Crippen molar-refractivity contribution in [2.45, 2.75) is 19.5 Å². The van der Waals surface area contributed by atoms with E-state index >= 15 is 0 Å². The van der Waals surface area contributed by atoms with Gasteiger partial charge in [-0.05, 0) is 18.6 Å². The van der Waals surface area contributed by atoms with E-state index in [1.165, 1.54) is 6.20 Å². The topological polar surface area (TPSA) is 39.2 Å². The Morgan fingerprint density at radius 2 is 2.12 bits per heavy atom. The largest absolute Gasteiger partial charge is 0.456 e. The summed E-state index contributed by atoms with van der Waals surface area (Å²) >= 11 is 0. The zero-order chi connectivity index (χ0) is 12.2. The van der Waals surface area contributed by atoms with Crippen LogP contribution in [-0.2, 0) is 16.0 Å². The van der Waals surface area contributed by atoms with Crippen LogP contribution in [0.1, 0.15) is 11.3 Å². The number of aromatic nitrogens is 1. The van der Waals surface area contributed by atoms with Crippen LogP contribution in [0.4, 0.5) is 13.2 Å². The van der Waals surface area contributed by atoms with E-state index in [0.29, 0.717) is 5.56 Å². The fourth-order valence-electron chi connectivity index (χ4n) is 0.983. The van der Waals surface area contributed by atoms with Crippen molar-refractivity contribution in [2.75, 3.05) is 6.61 Å². The van der Waals surface area contributed by atoms with E-state index in [4.69, 9.17) is 0 Å². The Bertz CT molecular complexity index is 359. The van der Waals surface area contributed by atoms with Crippen molar-refractivity contribution < 1.29 is 22.7 Å². The number of carbonyl (C=O) groups excluding carboxylic acids is 1. The van der Waals surface area contributed by atoms with Gasteiger partial charge in [-0.3, -0.25) is 9.78 Å². The number of aryl methyl sites for hydroxylation is 1. The van der Waals surface area contributed by atoms with E-state index in [1.807, 2.05) is 0 Å². The average Bonchev–Trinajstić information content (AvgIpc) is 2.18. The van der Waals surface area contributed by atoms with Crippen molar-refractivity contribution in [3.63, 3.8) is 0 Å².